The molecule has 0 saturated carbocycles. The molecule has 0 atom stereocenters. The summed E-state index contributed by atoms with van der Waals surface area (Å²) in [6.45, 7) is 0.000669. The monoisotopic (exact) mass is 495 g/mol. The van der Waals surface area contributed by atoms with Crippen LogP contribution in [0.4, 0.5) is 5.13 Å². The lowest BCUT2D eigenvalue weighted by Crippen LogP contribution is -2.38. The van der Waals surface area contributed by atoms with E-state index >= 15 is 0 Å². The Morgan fingerprint density at radius 2 is 1.91 bits per heavy atom. The lowest BCUT2D eigenvalue weighted by Gasteiger charge is -2.20. The first-order valence-electron chi connectivity index (χ1n) is 10.2. The predicted octanol–water partition coefficient (Wildman–Crippen LogP) is 2.33. The van der Waals surface area contributed by atoms with Gasteiger partial charge in [0.1, 0.15) is 12.1 Å². The van der Waals surface area contributed by atoms with Gasteiger partial charge in [0, 0.05) is 20.3 Å². The highest BCUT2D eigenvalue weighted by Gasteiger charge is 2.24. The van der Waals surface area contributed by atoms with Gasteiger partial charge in [-0.25, -0.2) is 14.8 Å². The first-order chi connectivity index (χ1) is 16.3. The second kappa shape index (κ2) is 8.50. The minimum atomic E-state index is -0.522. The van der Waals surface area contributed by atoms with Crippen molar-refractivity contribution in [3.63, 3.8) is 0 Å². The maximum atomic E-state index is 13.6. The Hall–Kier alpha value is -3.83. The molecule has 10 nitrogen and oxygen atoms in total. The number of thiazole rings is 1. The number of hydrogen-bond donors (Lipinski definition) is 0. The first-order valence-corrected chi connectivity index (χ1v) is 11.4. The highest BCUT2D eigenvalue weighted by Crippen LogP contribution is 2.33. The molecule has 5 aromatic rings. The summed E-state index contributed by atoms with van der Waals surface area (Å²) >= 11 is 7.65. The highest BCUT2D eigenvalue weighted by molar-refractivity contribution is 7.22. The van der Waals surface area contributed by atoms with Crippen LogP contribution in [-0.4, -0.2) is 34.6 Å². The van der Waals surface area contributed by atoms with Gasteiger partial charge in [0.25, 0.3) is 5.56 Å². The van der Waals surface area contributed by atoms with Crippen LogP contribution < -0.4 is 16.1 Å². The van der Waals surface area contributed by atoms with Crippen molar-refractivity contribution in [2.45, 2.75) is 13.1 Å². The van der Waals surface area contributed by atoms with Crippen LogP contribution in [0.3, 0.4) is 0 Å². The molecule has 0 aliphatic carbocycles. The molecule has 0 unspecified atom stereocenters. The Balaban J connectivity index is 1.58. The molecule has 4 aromatic heterocycles. The fraction of sp³-hybridized carbons (Fsp3) is 0.182. The molecule has 0 aliphatic rings. The van der Waals surface area contributed by atoms with Crippen molar-refractivity contribution in [2.75, 3.05) is 4.90 Å². The summed E-state index contributed by atoms with van der Waals surface area (Å²) in [5.41, 5.74) is 0.658. The second-order valence-electron chi connectivity index (χ2n) is 7.63. The number of aromatic nitrogens is 6. The third-order valence-electron chi connectivity index (χ3n) is 5.46. The molecule has 172 valence electrons. The van der Waals surface area contributed by atoms with Crippen LogP contribution in [0.2, 0.25) is 5.02 Å². The van der Waals surface area contributed by atoms with Crippen molar-refractivity contribution in [3.8, 4) is 0 Å². The molecule has 0 fully saturated rings. The number of carbonyl (C=O) groups is 1. The van der Waals surface area contributed by atoms with Crippen molar-refractivity contribution in [3.05, 3.63) is 80.5 Å². The summed E-state index contributed by atoms with van der Waals surface area (Å²) in [5, 5.41) is 0.957. The third kappa shape index (κ3) is 3.68. The zero-order chi connectivity index (χ0) is 24.0. The van der Waals surface area contributed by atoms with Gasteiger partial charge >= 0.3 is 5.69 Å². The normalized spacial score (nSPS) is 11.4. The molecule has 1 amide bonds. The summed E-state index contributed by atoms with van der Waals surface area (Å²) in [6.07, 6.45) is 3.04. The van der Waals surface area contributed by atoms with E-state index in [2.05, 4.69) is 15.0 Å². The number of aryl methyl sites for hydroxylation is 1. The van der Waals surface area contributed by atoms with Crippen molar-refractivity contribution in [2.24, 2.45) is 14.1 Å². The van der Waals surface area contributed by atoms with Crippen molar-refractivity contribution in [1.29, 1.82) is 0 Å². The van der Waals surface area contributed by atoms with E-state index in [1.165, 1.54) is 45.8 Å². The summed E-state index contributed by atoms with van der Waals surface area (Å²) in [7, 11) is 2.92. The van der Waals surface area contributed by atoms with Crippen LogP contribution in [0, 0.1) is 0 Å². The van der Waals surface area contributed by atoms with Crippen LogP contribution in [0.25, 0.3) is 21.4 Å². The van der Waals surface area contributed by atoms with Crippen LogP contribution in [0.5, 0.6) is 0 Å². The Bertz CT molecular complexity index is 1670. The number of nitrogens with zero attached hydrogens (tertiary/aromatic N) is 7. The van der Waals surface area contributed by atoms with Crippen LogP contribution >= 0.6 is 22.9 Å². The molecule has 4 heterocycles. The van der Waals surface area contributed by atoms with E-state index in [1.54, 1.807) is 18.3 Å². The van der Waals surface area contributed by atoms with E-state index in [0.717, 1.165) is 9.27 Å². The SMILES string of the molecule is Cn1c(=O)c2c(ncn2CC(=O)N(Cc2ccccn2)c2nc3c(Cl)cccc3s2)n(C)c1=O. The van der Waals surface area contributed by atoms with Crippen molar-refractivity contribution < 1.29 is 4.79 Å². The average molecular weight is 496 g/mol. The number of amides is 1. The fourth-order valence-corrected chi connectivity index (χ4v) is 4.96. The Morgan fingerprint density at radius 3 is 2.65 bits per heavy atom. The third-order valence-corrected chi connectivity index (χ3v) is 6.81. The Labute approximate surface area is 201 Å². The lowest BCUT2D eigenvalue weighted by atomic mass is 10.3. The van der Waals surface area contributed by atoms with Crippen molar-refractivity contribution >= 4 is 55.4 Å². The number of fused-ring (bicyclic) bond motifs is 2. The van der Waals surface area contributed by atoms with E-state index in [9.17, 15) is 14.4 Å². The van der Waals surface area contributed by atoms with Gasteiger partial charge < -0.3 is 4.57 Å². The number of benzene rings is 1. The molecule has 12 heteroatoms. The minimum Gasteiger partial charge on any atom is -0.315 e. The fourth-order valence-electron chi connectivity index (χ4n) is 3.68. The van der Waals surface area contributed by atoms with Gasteiger partial charge in [-0.3, -0.25) is 28.6 Å². The zero-order valence-electron chi connectivity index (χ0n) is 18.2. The Kier molecular flexibility index (Phi) is 5.50. The molecular formula is C22H18ClN7O3S. The number of carbonyl (C=O) groups excluding carboxylic acids is 1. The molecule has 34 heavy (non-hydrogen) atoms. The van der Waals surface area contributed by atoms with Gasteiger partial charge in [-0.2, -0.15) is 0 Å². The number of imidazole rings is 1. The number of halogens is 1. The summed E-state index contributed by atoms with van der Waals surface area (Å²) in [4.78, 5) is 53.2. The van der Waals surface area contributed by atoms with E-state index in [4.69, 9.17) is 11.6 Å². The molecule has 0 spiro atoms. The number of para-hydroxylation sites is 1. The Morgan fingerprint density at radius 1 is 1.09 bits per heavy atom. The second-order valence-corrected chi connectivity index (χ2v) is 9.05. The molecule has 5 rings (SSSR count). The average Bonchev–Trinajstić information content (AvgIpc) is 3.46. The molecule has 0 radical (unpaired) electrons. The summed E-state index contributed by atoms with van der Waals surface area (Å²) < 4.78 is 4.56. The standard InChI is InChI=1S/C22H18ClN7O3S/c1-27-19-18(20(32)28(2)22(27)33)29(12-25-19)11-16(31)30(10-13-6-3-4-9-24-13)21-26-17-14(23)7-5-8-15(17)34-21/h3-9,12H,10-11H2,1-2H3. The van der Waals surface area contributed by atoms with Crippen LogP contribution in [0.15, 0.2) is 58.5 Å². The molecular weight excluding hydrogens is 478 g/mol. The van der Waals surface area contributed by atoms with E-state index in [-0.39, 0.29) is 30.2 Å². The van der Waals surface area contributed by atoms with Crippen LogP contribution in [-0.2, 0) is 32.0 Å². The molecule has 0 N–H and O–H groups in total. The van der Waals surface area contributed by atoms with Gasteiger partial charge in [0.05, 0.1) is 28.3 Å². The summed E-state index contributed by atoms with van der Waals surface area (Å²) in [6, 6.07) is 10.9. The maximum Gasteiger partial charge on any atom is 0.332 e. The minimum absolute atomic E-state index is 0.170. The van der Waals surface area contributed by atoms with Gasteiger partial charge in [-0.1, -0.05) is 35.1 Å². The highest BCUT2D eigenvalue weighted by atomic mass is 35.5. The summed E-state index contributed by atoms with van der Waals surface area (Å²) in [5.74, 6) is -0.323. The van der Waals surface area contributed by atoms with Gasteiger partial charge in [-0.15, -0.1) is 0 Å². The first kappa shape index (κ1) is 22.0. The quantitative estimate of drug-likeness (QED) is 0.370. The van der Waals surface area contributed by atoms with Gasteiger partial charge in [0.2, 0.25) is 5.91 Å². The van der Waals surface area contributed by atoms with Gasteiger partial charge in [-0.05, 0) is 24.3 Å². The molecule has 1 aromatic carbocycles. The number of pyridine rings is 1. The molecule has 0 bridgehead atoms. The zero-order valence-corrected chi connectivity index (χ0v) is 19.7. The topological polar surface area (TPSA) is 108 Å². The van der Waals surface area contributed by atoms with E-state index < -0.39 is 11.2 Å². The van der Waals surface area contributed by atoms with Crippen LogP contribution in [0.1, 0.15) is 5.69 Å². The number of anilines is 1. The van der Waals surface area contributed by atoms with E-state index in [0.29, 0.717) is 21.4 Å². The predicted molar refractivity (Wildman–Crippen MR) is 130 cm³/mol. The number of hydrogen-bond acceptors (Lipinski definition) is 7. The van der Waals surface area contributed by atoms with Gasteiger partial charge in [0.15, 0.2) is 16.3 Å². The largest absolute Gasteiger partial charge is 0.332 e. The smallest absolute Gasteiger partial charge is 0.315 e. The number of rotatable bonds is 5. The molecule has 0 aliphatic heterocycles. The van der Waals surface area contributed by atoms with Crippen molar-refractivity contribution in [1.82, 2.24) is 28.7 Å². The maximum absolute atomic E-state index is 13.6. The van der Waals surface area contributed by atoms with E-state index in [1.807, 2.05) is 24.3 Å². The lowest BCUT2D eigenvalue weighted by molar-refractivity contribution is -0.119. The molecule has 0 saturated heterocycles.